The average molecular weight is 363 g/mol. The van der Waals surface area contributed by atoms with E-state index in [1.54, 1.807) is 12.3 Å². The van der Waals surface area contributed by atoms with Crippen LogP contribution < -0.4 is 5.32 Å². The number of anilines is 1. The Kier molecular flexibility index (Phi) is 3.86. The number of fused-ring (bicyclic) bond motifs is 1. The third kappa shape index (κ3) is 3.04. The topological polar surface area (TPSA) is 54.9 Å². The summed E-state index contributed by atoms with van der Waals surface area (Å²) in [6.07, 6.45) is 3.19. The zero-order chi connectivity index (χ0) is 14.8. The molecule has 1 N–H and O–H groups in total. The van der Waals surface area contributed by atoms with Gasteiger partial charge in [-0.2, -0.15) is 0 Å². The molecule has 4 nitrogen and oxygen atoms in total. The molecule has 0 spiro atoms. The molecule has 0 unspecified atom stereocenters. The van der Waals surface area contributed by atoms with E-state index in [0.717, 1.165) is 15.4 Å². The highest BCUT2D eigenvalue weighted by molar-refractivity contribution is 9.10. The van der Waals surface area contributed by atoms with Crippen LogP contribution in [0.15, 0.2) is 53.3 Å². The van der Waals surface area contributed by atoms with Crippen molar-refractivity contribution in [2.75, 3.05) is 5.32 Å². The minimum atomic E-state index is -0.253. The molecule has 0 bridgehead atoms. The molecule has 3 aromatic rings. The van der Waals surface area contributed by atoms with Crippen molar-refractivity contribution >= 4 is 50.0 Å². The summed E-state index contributed by atoms with van der Waals surface area (Å²) in [6.45, 7) is 0. The fourth-order valence-corrected chi connectivity index (χ4v) is 2.50. The molecular formula is C15H9BrClN3O. The summed E-state index contributed by atoms with van der Waals surface area (Å²) in [6, 6.07) is 10.7. The number of aromatic nitrogens is 2. The van der Waals surface area contributed by atoms with Gasteiger partial charge in [0, 0.05) is 27.8 Å². The van der Waals surface area contributed by atoms with E-state index < -0.39 is 0 Å². The molecule has 0 aliphatic carbocycles. The van der Waals surface area contributed by atoms with E-state index in [0.29, 0.717) is 11.3 Å². The first-order chi connectivity index (χ1) is 10.1. The molecule has 0 aliphatic heterocycles. The summed E-state index contributed by atoms with van der Waals surface area (Å²) in [5.74, 6) is -0.253. The van der Waals surface area contributed by atoms with Crippen LogP contribution >= 0.6 is 27.5 Å². The molecule has 3 rings (SSSR count). The highest BCUT2D eigenvalue weighted by Gasteiger charge is 2.10. The van der Waals surface area contributed by atoms with E-state index in [1.165, 1.54) is 12.3 Å². The van der Waals surface area contributed by atoms with Gasteiger partial charge in [0.05, 0.1) is 11.2 Å². The number of amides is 1. The number of hydrogen-bond acceptors (Lipinski definition) is 3. The number of hydrogen-bond donors (Lipinski definition) is 1. The molecule has 0 radical (unpaired) electrons. The lowest BCUT2D eigenvalue weighted by Crippen LogP contribution is -2.12. The Morgan fingerprint density at radius 2 is 2.05 bits per heavy atom. The molecule has 0 saturated heterocycles. The first-order valence-corrected chi connectivity index (χ1v) is 7.28. The van der Waals surface area contributed by atoms with Crippen LogP contribution in [-0.4, -0.2) is 15.9 Å². The van der Waals surface area contributed by atoms with Gasteiger partial charge in [-0.1, -0.05) is 23.7 Å². The maximum Gasteiger partial charge on any atom is 0.255 e. The minimum Gasteiger partial charge on any atom is -0.320 e. The number of para-hydroxylation sites is 1. The van der Waals surface area contributed by atoms with E-state index in [2.05, 4.69) is 31.2 Å². The van der Waals surface area contributed by atoms with Gasteiger partial charge in [-0.25, -0.2) is 4.98 Å². The van der Waals surface area contributed by atoms with E-state index in [1.807, 2.05) is 24.3 Å². The predicted molar refractivity (Wildman–Crippen MR) is 86.6 cm³/mol. The van der Waals surface area contributed by atoms with E-state index in [9.17, 15) is 4.79 Å². The molecular weight excluding hydrogens is 354 g/mol. The lowest BCUT2D eigenvalue weighted by Gasteiger charge is -2.08. The third-order valence-electron chi connectivity index (χ3n) is 2.91. The van der Waals surface area contributed by atoms with Gasteiger partial charge in [0.2, 0.25) is 0 Å². The molecule has 0 aliphatic rings. The van der Waals surface area contributed by atoms with E-state index >= 15 is 0 Å². The molecule has 104 valence electrons. The summed E-state index contributed by atoms with van der Waals surface area (Å²) in [4.78, 5) is 20.4. The molecule has 1 aromatic carbocycles. The van der Waals surface area contributed by atoms with E-state index in [4.69, 9.17) is 11.6 Å². The third-order valence-corrected chi connectivity index (χ3v) is 3.55. The lowest BCUT2D eigenvalue weighted by molar-refractivity contribution is 0.102. The van der Waals surface area contributed by atoms with Crippen LogP contribution in [0, 0.1) is 0 Å². The fourth-order valence-electron chi connectivity index (χ4n) is 1.97. The molecule has 0 atom stereocenters. The summed E-state index contributed by atoms with van der Waals surface area (Å²) in [7, 11) is 0. The molecule has 1 amide bonds. The predicted octanol–water partition coefficient (Wildman–Crippen LogP) is 4.30. The zero-order valence-electron chi connectivity index (χ0n) is 10.7. The number of nitrogens with one attached hydrogen (secondary N) is 1. The molecule has 2 heterocycles. The Bertz CT molecular complexity index is 838. The van der Waals surface area contributed by atoms with Crippen LogP contribution in [0.5, 0.6) is 0 Å². The van der Waals surface area contributed by atoms with Crippen molar-refractivity contribution in [3.8, 4) is 0 Å². The standard InChI is InChI=1S/C15H9BrClN3O/c16-11-6-9-2-1-3-12(14(9)19-8-11)20-15(21)10-4-5-18-13(17)7-10/h1-8H,(H,20,21). The first kappa shape index (κ1) is 14.0. The van der Waals surface area contributed by atoms with Crippen molar-refractivity contribution < 1.29 is 4.79 Å². The number of carbonyl (C=O) groups excluding carboxylic acids is 1. The second kappa shape index (κ2) is 5.79. The molecule has 0 saturated carbocycles. The maximum absolute atomic E-state index is 12.2. The van der Waals surface area contributed by atoms with Crippen LogP contribution in [0.3, 0.4) is 0 Å². The van der Waals surface area contributed by atoms with Crippen molar-refractivity contribution in [1.82, 2.24) is 9.97 Å². The summed E-state index contributed by atoms with van der Waals surface area (Å²) >= 11 is 9.18. The van der Waals surface area contributed by atoms with Crippen LogP contribution in [0.2, 0.25) is 5.15 Å². The Morgan fingerprint density at radius 1 is 1.19 bits per heavy atom. The quantitative estimate of drug-likeness (QED) is 0.692. The number of benzene rings is 1. The van der Waals surface area contributed by atoms with Crippen molar-refractivity contribution in [2.24, 2.45) is 0 Å². The van der Waals surface area contributed by atoms with Crippen molar-refractivity contribution in [3.63, 3.8) is 0 Å². The monoisotopic (exact) mass is 361 g/mol. The largest absolute Gasteiger partial charge is 0.320 e. The van der Waals surface area contributed by atoms with Crippen LogP contribution in [0.1, 0.15) is 10.4 Å². The Morgan fingerprint density at radius 3 is 2.86 bits per heavy atom. The first-order valence-electron chi connectivity index (χ1n) is 6.11. The van der Waals surface area contributed by atoms with Gasteiger partial charge in [0.15, 0.2) is 0 Å². The van der Waals surface area contributed by atoms with Gasteiger partial charge in [-0.05, 0) is 40.2 Å². The number of rotatable bonds is 2. The van der Waals surface area contributed by atoms with E-state index in [-0.39, 0.29) is 11.1 Å². The normalized spacial score (nSPS) is 10.6. The smallest absolute Gasteiger partial charge is 0.255 e. The second-order valence-electron chi connectivity index (χ2n) is 4.35. The highest BCUT2D eigenvalue weighted by atomic mass is 79.9. The number of halogens is 2. The zero-order valence-corrected chi connectivity index (χ0v) is 13.0. The number of nitrogens with zero attached hydrogens (tertiary/aromatic N) is 2. The maximum atomic E-state index is 12.2. The summed E-state index contributed by atoms with van der Waals surface area (Å²) < 4.78 is 0.888. The van der Waals surface area contributed by atoms with Gasteiger partial charge in [0.25, 0.3) is 5.91 Å². The SMILES string of the molecule is O=C(Nc1cccc2cc(Br)cnc12)c1ccnc(Cl)c1. The number of pyridine rings is 2. The Labute approximate surface area is 134 Å². The highest BCUT2D eigenvalue weighted by Crippen LogP contribution is 2.24. The van der Waals surface area contributed by atoms with Crippen LogP contribution in [0.25, 0.3) is 10.9 Å². The Hall–Kier alpha value is -1.98. The van der Waals surface area contributed by atoms with Crippen molar-refractivity contribution in [3.05, 3.63) is 64.0 Å². The van der Waals surface area contributed by atoms with Crippen molar-refractivity contribution in [2.45, 2.75) is 0 Å². The van der Waals surface area contributed by atoms with Crippen LogP contribution in [-0.2, 0) is 0 Å². The summed E-state index contributed by atoms with van der Waals surface area (Å²) in [5.41, 5.74) is 1.83. The molecule has 21 heavy (non-hydrogen) atoms. The van der Waals surface area contributed by atoms with Crippen LogP contribution in [0.4, 0.5) is 5.69 Å². The van der Waals surface area contributed by atoms with Gasteiger partial charge in [0.1, 0.15) is 5.15 Å². The van der Waals surface area contributed by atoms with Gasteiger partial charge < -0.3 is 5.32 Å². The average Bonchev–Trinajstić information content (AvgIpc) is 2.47. The van der Waals surface area contributed by atoms with Gasteiger partial charge in [-0.15, -0.1) is 0 Å². The fraction of sp³-hybridized carbons (Fsp3) is 0. The second-order valence-corrected chi connectivity index (χ2v) is 5.66. The molecule has 0 fully saturated rings. The minimum absolute atomic E-state index is 0.253. The van der Waals surface area contributed by atoms with Gasteiger partial charge in [-0.3, -0.25) is 9.78 Å². The summed E-state index contributed by atoms with van der Waals surface area (Å²) in [5, 5.41) is 4.06. The number of carbonyl (C=O) groups is 1. The molecule has 6 heteroatoms. The molecule has 2 aromatic heterocycles. The van der Waals surface area contributed by atoms with Crippen molar-refractivity contribution in [1.29, 1.82) is 0 Å². The van der Waals surface area contributed by atoms with Gasteiger partial charge >= 0.3 is 0 Å². The lowest BCUT2D eigenvalue weighted by atomic mass is 10.2. The Balaban J connectivity index is 1.96.